The number of aliphatic hydroxyl groups is 1. The van der Waals surface area contributed by atoms with Gasteiger partial charge in [0.1, 0.15) is 0 Å². The van der Waals surface area contributed by atoms with Gasteiger partial charge in [-0.05, 0) is 11.4 Å². The van der Waals surface area contributed by atoms with Gasteiger partial charge >= 0.3 is 0 Å². The first-order chi connectivity index (χ1) is 5.43. The molecule has 3 nitrogen and oxygen atoms in total. The van der Waals surface area contributed by atoms with E-state index < -0.39 is 0 Å². The van der Waals surface area contributed by atoms with Crippen molar-refractivity contribution in [1.29, 1.82) is 0 Å². The lowest BCUT2D eigenvalue weighted by molar-refractivity contribution is 0.294. The fourth-order valence-electron chi connectivity index (χ4n) is 0.589. The smallest absolute Gasteiger partial charge is 0.0640 e. The second-order valence-corrected chi connectivity index (χ2v) is 2.88. The summed E-state index contributed by atoms with van der Waals surface area (Å²) < 4.78 is 0. The Morgan fingerprint density at radius 1 is 1.73 bits per heavy atom. The molecule has 1 rings (SSSR count). The summed E-state index contributed by atoms with van der Waals surface area (Å²) in [5.74, 6) is 0. The number of hydrazone groups is 1. The van der Waals surface area contributed by atoms with Crippen LogP contribution in [0, 0.1) is 0 Å². The van der Waals surface area contributed by atoms with Crippen LogP contribution in [0.3, 0.4) is 0 Å². The summed E-state index contributed by atoms with van der Waals surface area (Å²) in [6.07, 6.45) is 1.74. The van der Waals surface area contributed by atoms with Gasteiger partial charge in [-0.15, -0.1) is 11.3 Å². The predicted molar refractivity (Wildman–Crippen MR) is 47.0 cm³/mol. The molecule has 0 saturated heterocycles. The monoisotopic (exact) mass is 170 g/mol. The molecule has 0 bridgehead atoms. The van der Waals surface area contributed by atoms with Crippen molar-refractivity contribution in [2.45, 2.75) is 0 Å². The van der Waals surface area contributed by atoms with Crippen LogP contribution in [0.5, 0.6) is 0 Å². The van der Waals surface area contributed by atoms with Gasteiger partial charge < -0.3 is 10.5 Å². The van der Waals surface area contributed by atoms with E-state index in [4.69, 9.17) is 5.11 Å². The minimum absolute atomic E-state index is 0.113. The number of hydrogen-bond acceptors (Lipinski definition) is 4. The average molecular weight is 170 g/mol. The van der Waals surface area contributed by atoms with Crippen molar-refractivity contribution in [2.24, 2.45) is 5.10 Å². The highest BCUT2D eigenvalue weighted by Crippen LogP contribution is 2.03. The van der Waals surface area contributed by atoms with Gasteiger partial charge in [0.05, 0.1) is 19.4 Å². The van der Waals surface area contributed by atoms with Gasteiger partial charge in [0.2, 0.25) is 0 Å². The van der Waals surface area contributed by atoms with Crippen LogP contribution in [0.2, 0.25) is 0 Å². The maximum absolute atomic E-state index is 8.39. The zero-order chi connectivity index (χ0) is 7.94. The molecule has 0 aliphatic rings. The Labute approximate surface area is 69.4 Å². The largest absolute Gasteiger partial charge is 0.394 e. The lowest BCUT2D eigenvalue weighted by atomic mass is 10.5. The van der Waals surface area contributed by atoms with Crippen LogP contribution in [0.4, 0.5) is 0 Å². The van der Waals surface area contributed by atoms with Crippen molar-refractivity contribution < 1.29 is 5.11 Å². The number of thiophene rings is 1. The molecule has 0 fully saturated rings. The van der Waals surface area contributed by atoms with Crippen LogP contribution in [0.25, 0.3) is 0 Å². The topological polar surface area (TPSA) is 44.6 Å². The Bertz CT molecular complexity index is 208. The third kappa shape index (κ3) is 3.15. The first-order valence-corrected chi connectivity index (χ1v) is 4.22. The van der Waals surface area contributed by atoms with Gasteiger partial charge in [0.15, 0.2) is 0 Å². The summed E-state index contributed by atoms with van der Waals surface area (Å²) in [6, 6.07) is 3.95. The maximum Gasteiger partial charge on any atom is 0.0640 e. The molecule has 2 N–H and O–H groups in total. The van der Waals surface area contributed by atoms with Gasteiger partial charge in [-0.25, -0.2) is 0 Å². The standard InChI is InChI=1S/C7H10N2OS/c10-4-3-8-9-6-7-2-1-5-11-7/h1-2,5-6,8,10H,3-4H2. The average Bonchev–Trinajstić information content (AvgIpc) is 2.50. The van der Waals surface area contributed by atoms with Gasteiger partial charge in [-0.3, -0.25) is 0 Å². The molecule has 0 aliphatic carbocycles. The Kier molecular flexibility index (Phi) is 3.64. The third-order valence-corrected chi connectivity index (χ3v) is 1.86. The van der Waals surface area contributed by atoms with Crippen molar-refractivity contribution in [2.75, 3.05) is 13.2 Å². The van der Waals surface area contributed by atoms with Crippen molar-refractivity contribution in [3.8, 4) is 0 Å². The fourth-order valence-corrected chi connectivity index (χ4v) is 1.17. The zero-order valence-corrected chi connectivity index (χ0v) is 6.84. The Morgan fingerprint density at radius 3 is 3.27 bits per heavy atom. The first kappa shape index (κ1) is 8.23. The highest BCUT2D eigenvalue weighted by molar-refractivity contribution is 7.11. The van der Waals surface area contributed by atoms with E-state index >= 15 is 0 Å². The molecule has 1 heterocycles. The molecule has 4 heteroatoms. The first-order valence-electron chi connectivity index (χ1n) is 3.34. The van der Waals surface area contributed by atoms with Crippen molar-refractivity contribution in [1.82, 2.24) is 5.43 Å². The van der Waals surface area contributed by atoms with Gasteiger partial charge in [0.25, 0.3) is 0 Å². The lowest BCUT2D eigenvalue weighted by Gasteiger charge is -1.92. The van der Waals surface area contributed by atoms with E-state index in [2.05, 4.69) is 10.5 Å². The van der Waals surface area contributed by atoms with E-state index in [0.29, 0.717) is 6.54 Å². The second-order valence-electron chi connectivity index (χ2n) is 1.91. The Balaban J connectivity index is 2.25. The molecule has 0 radical (unpaired) electrons. The summed E-state index contributed by atoms with van der Waals surface area (Å²) in [7, 11) is 0. The van der Waals surface area contributed by atoms with Crippen molar-refractivity contribution >= 4 is 17.6 Å². The quantitative estimate of drug-likeness (QED) is 0.396. The van der Waals surface area contributed by atoms with Crippen LogP contribution in [0.15, 0.2) is 22.6 Å². The third-order valence-electron chi connectivity index (χ3n) is 1.05. The summed E-state index contributed by atoms with van der Waals surface area (Å²) >= 11 is 1.63. The van der Waals surface area contributed by atoms with Crippen LogP contribution >= 0.6 is 11.3 Å². The highest BCUT2D eigenvalue weighted by atomic mass is 32.1. The molecule has 0 amide bonds. The Hall–Kier alpha value is -0.870. The summed E-state index contributed by atoms with van der Waals surface area (Å²) in [4.78, 5) is 1.11. The molecule has 1 aromatic rings. The van der Waals surface area contributed by atoms with E-state index in [0.717, 1.165) is 4.88 Å². The maximum atomic E-state index is 8.39. The molecule has 1 aromatic heterocycles. The van der Waals surface area contributed by atoms with E-state index in [1.807, 2.05) is 17.5 Å². The van der Waals surface area contributed by atoms with Crippen LogP contribution in [0.1, 0.15) is 4.88 Å². The van der Waals surface area contributed by atoms with Crippen molar-refractivity contribution in [3.05, 3.63) is 22.4 Å². The van der Waals surface area contributed by atoms with Crippen LogP contribution in [-0.2, 0) is 0 Å². The van der Waals surface area contributed by atoms with Crippen molar-refractivity contribution in [3.63, 3.8) is 0 Å². The number of rotatable bonds is 4. The normalized spacial score (nSPS) is 10.6. The summed E-state index contributed by atoms with van der Waals surface area (Å²) in [5, 5.41) is 14.3. The molecule has 11 heavy (non-hydrogen) atoms. The molecule has 0 aliphatic heterocycles. The van der Waals surface area contributed by atoms with Gasteiger partial charge in [-0.2, -0.15) is 5.10 Å². The fraction of sp³-hybridized carbons (Fsp3) is 0.286. The molecular weight excluding hydrogens is 160 g/mol. The van der Waals surface area contributed by atoms with E-state index in [9.17, 15) is 0 Å². The summed E-state index contributed by atoms with van der Waals surface area (Å²) in [6.45, 7) is 0.615. The number of nitrogens with one attached hydrogen (secondary N) is 1. The number of hydrogen-bond donors (Lipinski definition) is 2. The van der Waals surface area contributed by atoms with Crippen LogP contribution in [-0.4, -0.2) is 24.5 Å². The molecule has 0 saturated carbocycles. The molecular formula is C7H10N2OS. The lowest BCUT2D eigenvalue weighted by Crippen LogP contribution is -2.10. The summed E-state index contributed by atoms with van der Waals surface area (Å²) in [5.41, 5.74) is 2.70. The highest BCUT2D eigenvalue weighted by Gasteiger charge is 1.84. The SMILES string of the molecule is OCCNN=Cc1cccs1. The molecule has 0 spiro atoms. The molecule has 0 atom stereocenters. The van der Waals surface area contributed by atoms with Gasteiger partial charge in [-0.1, -0.05) is 6.07 Å². The minimum atomic E-state index is 0.113. The molecule has 0 aromatic carbocycles. The zero-order valence-electron chi connectivity index (χ0n) is 6.03. The predicted octanol–water partition coefficient (Wildman–Crippen LogP) is 0.664. The second kappa shape index (κ2) is 4.87. The van der Waals surface area contributed by atoms with Crippen LogP contribution < -0.4 is 5.43 Å². The van der Waals surface area contributed by atoms with E-state index in [1.165, 1.54) is 0 Å². The Morgan fingerprint density at radius 2 is 2.64 bits per heavy atom. The van der Waals surface area contributed by atoms with Gasteiger partial charge in [0, 0.05) is 4.88 Å². The van der Waals surface area contributed by atoms with E-state index in [-0.39, 0.29) is 6.61 Å². The van der Waals surface area contributed by atoms with E-state index in [1.54, 1.807) is 17.6 Å². The molecule has 0 unspecified atom stereocenters. The number of nitrogens with zero attached hydrogens (tertiary/aromatic N) is 1. The molecule has 60 valence electrons. The number of aliphatic hydroxyl groups excluding tert-OH is 1. The minimum Gasteiger partial charge on any atom is -0.394 e.